The molecule has 0 saturated heterocycles. The lowest BCUT2D eigenvalue weighted by Gasteiger charge is -2.21. The third-order valence-electron chi connectivity index (χ3n) is 2.74. The minimum Gasteiger partial charge on any atom is -0.294 e. The van der Waals surface area contributed by atoms with E-state index in [9.17, 15) is 13.2 Å². The van der Waals surface area contributed by atoms with Gasteiger partial charge in [-0.2, -0.15) is 0 Å². The van der Waals surface area contributed by atoms with Gasteiger partial charge < -0.3 is 0 Å². The SMILES string of the molecule is Cc1ccc2c(c1)C(=O)CC(C)S2(=O)=O. The van der Waals surface area contributed by atoms with Crippen LogP contribution in [0.15, 0.2) is 23.1 Å². The molecule has 0 bridgehead atoms. The van der Waals surface area contributed by atoms with Crippen molar-refractivity contribution < 1.29 is 13.2 Å². The first-order valence-corrected chi connectivity index (χ1v) is 6.35. The highest BCUT2D eigenvalue weighted by atomic mass is 32.2. The van der Waals surface area contributed by atoms with Gasteiger partial charge in [-0.1, -0.05) is 11.6 Å². The van der Waals surface area contributed by atoms with Crippen molar-refractivity contribution in [3.63, 3.8) is 0 Å². The third-order valence-corrected chi connectivity index (χ3v) is 4.94. The van der Waals surface area contributed by atoms with Gasteiger partial charge in [-0.3, -0.25) is 4.79 Å². The Kier molecular flexibility index (Phi) is 2.19. The number of sulfone groups is 1. The third kappa shape index (κ3) is 1.49. The summed E-state index contributed by atoms with van der Waals surface area (Å²) in [5.41, 5.74) is 1.26. The number of Topliss-reactive ketones (excluding diaryl/α,β-unsaturated/α-hetero) is 1. The summed E-state index contributed by atoms with van der Waals surface area (Å²) in [5.74, 6) is -0.0731. The largest absolute Gasteiger partial charge is 0.294 e. The summed E-state index contributed by atoms with van der Waals surface area (Å²) >= 11 is 0. The van der Waals surface area contributed by atoms with Crippen molar-refractivity contribution in [3.05, 3.63) is 29.3 Å². The van der Waals surface area contributed by atoms with Crippen molar-refractivity contribution in [1.29, 1.82) is 0 Å². The molecule has 2 rings (SSSR count). The highest BCUT2D eigenvalue weighted by Crippen LogP contribution is 2.29. The molecule has 1 atom stereocenters. The second-order valence-corrected chi connectivity index (χ2v) is 6.32. The summed E-state index contributed by atoms with van der Waals surface area (Å²) in [6.07, 6.45) is 0.0960. The van der Waals surface area contributed by atoms with Crippen LogP contribution < -0.4 is 0 Å². The molecule has 3 nitrogen and oxygen atoms in total. The minimum atomic E-state index is -3.29. The molecule has 1 aliphatic rings. The van der Waals surface area contributed by atoms with Crippen molar-refractivity contribution in [2.24, 2.45) is 0 Å². The molecule has 1 aromatic rings. The van der Waals surface area contributed by atoms with E-state index in [4.69, 9.17) is 0 Å². The predicted molar refractivity (Wildman–Crippen MR) is 56.8 cm³/mol. The Labute approximate surface area is 89.0 Å². The summed E-state index contributed by atoms with van der Waals surface area (Å²) in [6.45, 7) is 3.42. The van der Waals surface area contributed by atoms with Gasteiger partial charge in [-0.05, 0) is 26.0 Å². The van der Waals surface area contributed by atoms with Gasteiger partial charge in [0, 0.05) is 12.0 Å². The number of aryl methyl sites for hydroxylation is 1. The quantitative estimate of drug-likeness (QED) is 0.674. The van der Waals surface area contributed by atoms with E-state index in [0.29, 0.717) is 5.56 Å². The lowest BCUT2D eigenvalue weighted by Crippen LogP contribution is -2.29. The van der Waals surface area contributed by atoms with Gasteiger partial charge in [0.2, 0.25) is 0 Å². The highest BCUT2D eigenvalue weighted by molar-refractivity contribution is 7.92. The van der Waals surface area contributed by atoms with E-state index in [1.165, 1.54) is 6.07 Å². The van der Waals surface area contributed by atoms with Gasteiger partial charge in [-0.15, -0.1) is 0 Å². The monoisotopic (exact) mass is 224 g/mol. The summed E-state index contributed by atoms with van der Waals surface area (Å²) in [5, 5.41) is -0.597. The van der Waals surface area contributed by atoms with E-state index >= 15 is 0 Å². The molecule has 0 aromatic heterocycles. The van der Waals surface area contributed by atoms with Crippen LogP contribution in [0.4, 0.5) is 0 Å². The molecule has 0 spiro atoms. The van der Waals surface area contributed by atoms with E-state index in [-0.39, 0.29) is 17.1 Å². The Balaban J connectivity index is 2.76. The Morgan fingerprint density at radius 2 is 2.00 bits per heavy atom. The molecule has 80 valence electrons. The van der Waals surface area contributed by atoms with E-state index in [1.807, 2.05) is 6.92 Å². The van der Waals surface area contributed by atoms with E-state index in [1.54, 1.807) is 19.1 Å². The maximum atomic E-state index is 11.9. The highest BCUT2D eigenvalue weighted by Gasteiger charge is 2.34. The Hall–Kier alpha value is -1.16. The van der Waals surface area contributed by atoms with E-state index in [0.717, 1.165) is 5.56 Å². The molecule has 1 heterocycles. The maximum Gasteiger partial charge on any atom is 0.182 e. The maximum absolute atomic E-state index is 11.9. The number of benzene rings is 1. The Morgan fingerprint density at radius 3 is 2.67 bits per heavy atom. The number of fused-ring (bicyclic) bond motifs is 1. The number of hydrogen-bond donors (Lipinski definition) is 0. The van der Waals surface area contributed by atoms with Crippen LogP contribution in [-0.4, -0.2) is 19.5 Å². The van der Waals surface area contributed by atoms with Gasteiger partial charge >= 0.3 is 0 Å². The van der Waals surface area contributed by atoms with Crippen molar-refractivity contribution in [1.82, 2.24) is 0 Å². The summed E-state index contributed by atoms with van der Waals surface area (Å²) in [6, 6.07) is 4.91. The van der Waals surface area contributed by atoms with E-state index < -0.39 is 15.1 Å². The van der Waals surface area contributed by atoms with Crippen LogP contribution in [0.3, 0.4) is 0 Å². The normalized spacial score (nSPS) is 23.6. The Bertz CT molecular complexity index is 529. The van der Waals surface area contributed by atoms with Crippen molar-refractivity contribution >= 4 is 15.6 Å². The number of hydrogen-bond acceptors (Lipinski definition) is 3. The summed E-state index contributed by atoms with van der Waals surface area (Å²) in [4.78, 5) is 11.9. The standard InChI is InChI=1S/C11H12O3S/c1-7-3-4-11-9(5-7)10(12)6-8(2)15(11,13)14/h3-5,8H,6H2,1-2H3. The van der Waals surface area contributed by atoms with Gasteiger partial charge in [0.05, 0.1) is 10.1 Å². The molecule has 0 amide bonds. The summed E-state index contributed by atoms with van der Waals surface area (Å²) < 4.78 is 23.8. The van der Waals surface area contributed by atoms with Crippen molar-refractivity contribution in [3.8, 4) is 0 Å². The lowest BCUT2D eigenvalue weighted by molar-refractivity contribution is 0.0975. The minimum absolute atomic E-state index is 0.0731. The van der Waals surface area contributed by atoms with Crippen LogP contribution in [0.2, 0.25) is 0 Å². The molecule has 0 saturated carbocycles. The Morgan fingerprint density at radius 1 is 1.33 bits per heavy atom. The van der Waals surface area contributed by atoms with Crippen molar-refractivity contribution in [2.45, 2.75) is 30.4 Å². The number of carbonyl (C=O) groups excluding carboxylic acids is 1. The first kappa shape index (κ1) is 10.4. The van der Waals surface area contributed by atoms with Gasteiger partial charge in [0.1, 0.15) is 0 Å². The second kappa shape index (κ2) is 3.17. The van der Waals surface area contributed by atoms with E-state index in [2.05, 4.69) is 0 Å². The van der Waals surface area contributed by atoms with Crippen LogP contribution in [-0.2, 0) is 9.84 Å². The van der Waals surface area contributed by atoms with Crippen LogP contribution in [0.25, 0.3) is 0 Å². The molecule has 4 heteroatoms. The molecule has 1 aromatic carbocycles. The second-order valence-electron chi connectivity index (χ2n) is 3.98. The molecular weight excluding hydrogens is 212 g/mol. The fourth-order valence-corrected chi connectivity index (χ4v) is 3.35. The van der Waals surface area contributed by atoms with Crippen LogP contribution in [0, 0.1) is 6.92 Å². The average molecular weight is 224 g/mol. The predicted octanol–water partition coefficient (Wildman–Crippen LogP) is 1.74. The van der Waals surface area contributed by atoms with Crippen molar-refractivity contribution in [2.75, 3.05) is 0 Å². The van der Waals surface area contributed by atoms with Gasteiger partial charge in [0.15, 0.2) is 15.6 Å². The molecule has 0 N–H and O–H groups in total. The fraction of sp³-hybridized carbons (Fsp3) is 0.364. The number of ketones is 1. The molecule has 0 radical (unpaired) electrons. The number of rotatable bonds is 0. The summed E-state index contributed by atoms with van der Waals surface area (Å²) in [7, 11) is -3.29. The topological polar surface area (TPSA) is 51.2 Å². The molecule has 1 unspecified atom stereocenters. The molecule has 0 fully saturated rings. The zero-order chi connectivity index (χ0) is 11.2. The zero-order valence-corrected chi connectivity index (χ0v) is 9.47. The van der Waals surface area contributed by atoms with Crippen LogP contribution in [0.5, 0.6) is 0 Å². The molecule has 15 heavy (non-hydrogen) atoms. The molecular formula is C11H12O3S. The van der Waals surface area contributed by atoms with Gasteiger partial charge in [-0.25, -0.2) is 8.42 Å². The van der Waals surface area contributed by atoms with Crippen LogP contribution in [0.1, 0.15) is 29.3 Å². The molecule has 0 aliphatic carbocycles. The lowest BCUT2D eigenvalue weighted by atomic mass is 10.0. The molecule has 1 aliphatic heterocycles. The van der Waals surface area contributed by atoms with Gasteiger partial charge in [0.25, 0.3) is 0 Å². The first-order valence-electron chi connectivity index (χ1n) is 4.80. The first-order chi connectivity index (χ1) is 6.93. The number of carbonyl (C=O) groups is 1. The zero-order valence-electron chi connectivity index (χ0n) is 8.65. The fourth-order valence-electron chi connectivity index (χ4n) is 1.81. The smallest absolute Gasteiger partial charge is 0.182 e. The van der Waals surface area contributed by atoms with Crippen LogP contribution >= 0.6 is 0 Å². The average Bonchev–Trinajstić information content (AvgIpc) is 2.15.